The lowest BCUT2D eigenvalue weighted by atomic mass is 9.84. The molecule has 8 heteroatoms. The summed E-state index contributed by atoms with van der Waals surface area (Å²) >= 11 is 0. The first-order valence-electron chi connectivity index (χ1n) is 9.58. The van der Waals surface area contributed by atoms with Crippen molar-refractivity contribution in [1.29, 1.82) is 0 Å². The van der Waals surface area contributed by atoms with E-state index in [1.54, 1.807) is 18.7 Å². The number of nitrogen functional groups attached to an aromatic ring is 1. The van der Waals surface area contributed by atoms with Crippen LogP contribution in [0, 0.1) is 0 Å². The van der Waals surface area contributed by atoms with E-state index in [4.69, 9.17) is 10.7 Å². The summed E-state index contributed by atoms with van der Waals surface area (Å²) in [6, 6.07) is 13.6. The summed E-state index contributed by atoms with van der Waals surface area (Å²) in [7, 11) is 0. The van der Waals surface area contributed by atoms with Crippen LogP contribution in [0.3, 0.4) is 0 Å². The van der Waals surface area contributed by atoms with Crippen LogP contribution in [0.4, 0.5) is 11.8 Å². The van der Waals surface area contributed by atoms with Crippen molar-refractivity contribution in [2.75, 3.05) is 23.7 Å². The third-order valence-electron chi connectivity index (χ3n) is 5.54. The van der Waals surface area contributed by atoms with Crippen molar-refractivity contribution in [2.24, 2.45) is 0 Å². The molecule has 4 aromatic rings. The van der Waals surface area contributed by atoms with Crippen LogP contribution >= 0.6 is 0 Å². The Hall–Kier alpha value is -3.52. The van der Waals surface area contributed by atoms with Crippen LogP contribution in [0.25, 0.3) is 16.9 Å². The number of rotatable bonds is 3. The minimum absolute atomic E-state index is 0.349. The Morgan fingerprint density at radius 1 is 0.966 bits per heavy atom. The van der Waals surface area contributed by atoms with E-state index in [0.29, 0.717) is 48.9 Å². The molecule has 0 amide bonds. The van der Waals surface area contributed by atoms with Crippen molar-refractivity contribution in [3.63, 3.8) is 0 Å². The van der Waals surface area contributed by atoms with Crippen LogP contribution in [0.2, 0.25) is 0 Å². The number of piperidine rings is 1. The van der Waals surface area contributed by atoms with E-state index in [0.717, 1.165) is 11.3 Å². The van der Waals surface area contributed by atoms with Crippen molar-refractivity contribution in [2.45, 2.75) is 18.4 Å². The average Bonchev–Trinajstić information content (AvgIpc) is 3.20. The van der Waals surface area contributed by atoms with Crippen LogP contribution in [-0.2, 0) is 5.60 Å². The standard InChI is InChI=1S/C21H21N7O/c22-18-17-19(28(14-24-17)16-6-10-23-11-7-16)26-20(25-18)27-12-8-21(29,9-13-27)15-4-2-1-3-5-15/h1-7,10-11,14,29H,8-9,12-13H2,(H2,22,25,26). The molecule has 1 aromatic carbocycles. The van der Waals surface area contributed by atoms with Gasteiger partial charge in [-0.3, -0.25) is 9.55 Å². The minimum atomic E-state index is -0.827. The molecular formula is C21H21N7O. The third kappa shape index (κ3) is 3.07. The Morgan fingerprint density at radius 3 is 2.41 bits per heavy atom. The van der Waals surface area contributed by atoms with Crippen LogP contribution in [0.15, 0.2) is 61.2 Å². The number of benzene rings is 1. The van der Waals surface area contributed by atoms with Crippen molar-refractivity contribution < 1.29 is 5.11 Å². The van der Waals surface area contributed by atoms with Gasteiger partial charge >= 0.3 is 0 Å². The van der Waals surface area contributed by atoms with Crippen LogP contribution in [-0.4, -0.2) is 42.7 Å². The normalized spacial score (nSPS) is 16.2. The predicted octanol–water partition coefficient (Wildman–Crippen LogP) is 2.28. The summed E-state index contributed by atoms with van der Waals surface area (Å²) < 4.78 is 1.88. The van der Waals surface area contributed by atoms with Gasteiger partial charge in [-0.05, 0) is 30.5 Å². The third-order valence-corrected chi connectivity index (χ3v) is 5.54. The lowest BCUT2D eigenvalue weighted by Gasteiger charge is -2.38. The van der Waals surface area contributed by atoms with Crippen molar-refractivity contribution in [1.82, 2.24) is 24.5 Å². The Labute approximate surface area is 167 Å². The minimum Gasteiger partial charge on any atom is -0.385 e. The molecule has 0 unspecified atom stereocenters. The molecule has 1 aliphatic rings. The molecule has 8 nitrogen and oxygen atoms in total. The summed E-state index contributed by atoms with van der Waals surface area (Å²) in [6.45, 7) is 1.28. The zero-order valence-electron chi connectivity index (χ0n) is 15.8. The van der Waals surface area contributed by atoms with Gasteiger partial charge in [0.25, 0.3) is 0 Å². The van der Waals surface area contributed by atoms with E-state index >= 15 is 0 Å². The van der Waals surface area contributed by atoms with Crippen LogP contribution < -0.4 is 10.6 Å². The number of imidazole rings is 1. The van der Waals surface area contributed by atoms with Crippen molar-refractivity contribution in [3.05, 3.63) is 66.7 Å². The molecule has 0 saturated carbocycles. The van der Waals surface area contributed by atoms with Gasteiger partial charge in [0.05, 0.1) is 11.3 Å². The van der Waals surface area contributed by atoms with E-state index in [2.05, 4.69) is 19.9 Å². The first-order chi connectivity index (χ1) is 14.1. The summed E-state index contributed by atoms with van der Waals surface area (Å²) in [5.41, 5.74) is 8.44. The molecule has 0 aliphatic carbocycles. The van der Waals surface area contributed by atoms with Gasteiger partial charge in [0.2, 0.25) is 5.95 Å². The molecule has 3 N–H and O–H groups in total. The van der Waals surface area contributed by atoms with E-state index in [1.165, 1.54) is 0 Å². The molecule has 3 aromatic heterocycles. The molecule has 146 valence electrons. The zero-order valence-corrected chi connectivity index (χ0v) is 15.8. The number of pyridine rings is 1. The molecule has 1 aliphatic heterocycles. The second-order valence-electron chi connectivity index (χ2n) is 7.29. The predicted molar refractivity (Wildman–Crippen MR) is 111 cm³/mol. The van der Waals surface area contributed by atoms with E-state index in [9.17, 15) is 5.11 Å². The number of nitrogens with zero attached hydrogens (tertiary/aromatic N) is 6. The highest BCUT2D eigenvalue weighted by Crippen LogP contribution is 2.34. The highest BCUT2D eigenvalue weighted by Gasteiger charge is 2.34. The maximum atomic E-state index is 11.1. The molecule has 29 heavy (non-hydrogen) atoms. The van der Waals surface area contributed by atoms with Crippen LogP contribution in [0.5, 0.6) is 0 Å². The second-order valence-corrected chi connectivity index (χ2v) is 7.29. The lowest BCUT2D eigenvalue weighted by molar-refractivity contribution is 0.0115. The summed E-state index contributed by atoms with van der Waals surface area (Å²) in [4.78, 5) is 19.7. The van der Waals surface area contributed by atoms with Crippen molar-refractivity contribution in [3.8, 4) is 5.69 Å². The Bertz CT molecular complexity index is 1140. The largest absolute Gasteiger partial charge is 0.385 e. The second kappa shape index (κ2) is 6.82. The topological polar surface area (TPSA) is 106 Å². The van der Waals surface area contributed by atoms with E-state index < -0.39 is 5.60 Å². The number of aliphatic hydroxyl groups is 1. The van der Waals surface area contributed by atoms with E-state index in [1.807, 2.05) is 47.0 Å². The van der Waals surface area contributed by atoms with Gasteiger partial charge in [-0.1, -0.05) is 30.3 Å². The molecular weight excluding hydrogens is 366 g/mol. The average molecular weight is 387 g/mol. The van der Waals surface area contributed by atoms with E-state index in [-0.39, 0.29) is 0 Å². The molecule has 1 saturated heterocycles. The lowest BCUT2D eigenvalue weighted by Crippen LogP contribution is -2.43. The van der Waals surface area contributed by atoms with Gasteiger partial charge in [0, 0.05) is 25.5 Å². The maximum absolute atomic E-state index is 11.1. The fraction of sp³-hybridized carbons (Fsp3) is 0.238. The fourth-order valence-corrected chi connectivity index (χ4v) is 3.86. The first-order valence-corrected chi connectivity index (χ1v) is 9.58. The fourth-order valence-electron chi connectivity index (χ4n) is 3.86. The zero-order chi connectivity index (χ0) is 19.8. The number of nitrogens with two attached hydrogens (primary N) is 1. The summed E-state index contributed by atoms with van der Waals surface area (Å²) in [5, 5.41) is 11.1. The number of aromatic nitrogens is 5. The number of hydrogen-bond acceptors (Lipinski definition) is 7. The highest BCUT2D eigenvalue weighted by molar-refractivity contribution is 5.84. The smallest absolute Gasteiger partial charge is 0.229 e. The van der Waals surface area contributed by atoms with Gasteiger partial charge < -0.3 is 15.7 Å². The van der Waals surface area contributed by atoms with Crippen LogP contribution in [0.1, 0.15) is 18.4 Å². The summed E-state index contributed by atoms with van der Waals surface area (Å²) in [6.07, 6.45) is 6.34. The molecule has 0 bridgehead atoms. The molecule has 5 rings (SSSR count). The molecule has 0 spiro atoms. The molecule has 1 fully saturated rings. The molecule has 0 radical (unpaired) electrons. The van der Waals surface area contributed by atoms with Gasteiger partial charge in [0.15, 0.2) is 17.0 Å². The Morgan fingerprint density at radius 2 is 1.69 bits per heavy atom. The maximum Gasteiger partial charge on any atom is 0.229 e. The van der Waals surface area contributed by atoms with Gasteiger partial charge in [-0.2, -0.15) is 9.97 Å². The van der Waals surface area contributed by atoms with Gasteiger partial charge in [-0.15, -0.1) is 0 Å². The van der Waals surface area contributed by atoms with Gasteiger partial charge in [-0.25, -0.2) is 4.98 Å². The first kappa shape index (κ1) is 17.6. The molecule has 4 heterocycles. The number of hydrogen-bond donors (Lipinski definition) is 2. The van der Waals surface area contributed by atoms with Gasteiger partial charge in [0.1, 0.15) is 6.33 Å². The highest BCUT2D eigenvalue weighted by atomic mass is 16.3. The molecule has 0 atom stereocenters. The van der Waals surface area contributed by atoms with Crippen molar-refractivity contribution >= 4 is 22.9 Å². The Kier molecular flexibility index (Phi) is 4.13. The monoisotopic (exact) mass is 387 g/mol. The Balaban J connectivity index is 1.46. The number of anilines is 2. The summed E-state index contributed by atoms with van der Waals surface area (Å²) in [5.74, 6) is 0.905. The quantitative estimate of drug-likeness (QED) is 0.555. The number of fused-ring (bicyclic) bond motifs is 1. The SMILES string of the molecule is Nc1nc(N2CCC(O)(c3ccccc3)CC2)nc2c1ncn2-c1ccncc1.